The maximum atomic E-state index is 12.8. The Morgan fingerprint density at radius 1 is 1.11 bits per heavy atom. The smallest absolute Gasteiger partial charge is 0.166 e. The van der Waals surface area contributed by atoms with Gasteiger partial charge in [-0.3, -0.25) is 0 Å². The van der Waals surface area contributed by atoms with Crippen LogP contribution in [0.4, 0.5) is 13.2 Å². The molecule has 0 heterocycles. The minimum absolute atomic E-state index is 0.159. The number of hydrogen-bond acceptors (Lipinski definition) is 1. The van der Waals surface area contributed by atoms with Gasteiger partial charge in [-0.2, -0.15) is 13.2 Å². The topological polar surface area (TPSA) is 0 Å². The first-order valence-electron chi connectivity index (χ1n) is 5.82. The molecule has 0 saturated carbocycles. The van der Waals surface area contributed by atoms with Crippen LogP contribution in [-0.2, 0) is 0 Å². The molecule has 0 bridgehead atoms. The Morgan fingerprint density at radius 3 is 2.05 bits per heavy atom. The third-order valence-corrected chi connectivity index (χ3v) is 3.27. The average molecular weight is 286 g/mol. The van der Waals surface area contributed by atoms with E-state index >= 15 is 0 Å². The predicted octanol–water partition coefficient (Wildman–Crippen LogP) is 5.83. The highest BCUT2D eigenvalue weighted by Crippen LogP contribution is 2.40. The number of alkyl halides is 3. The number of allylic oxidation sites excluding steroid dienone is 2. The van der Waals surface area contributed by atoms with Crippen molar-refractivity contribution in [3.05, 3.63) is 53.5 Å². The summed E-state index contributed by atoms with van der Waals surface area (Å²) >= 11 is 1.09. The van der Waals surface area contributed by atoms with Gasteiger partial charge in [-0.05, 0) is 17.5 Å². The van der Waals surface area contributed by atoms with Gasteiger partial charge in [0.1, 0.15) is 0 Å². The first-order valence-corrected chi connectivity index (χ1v) is 6.63. The zero-order chi connectivity index (χ0) is 14.7. The molecule has 0 saturated heterocycles. The quantitative estimate of drug-likeness (QED) is 0.498. The SMILES string of the molecule is C=C(/C(=C/C(C)(C)C)Sc1ccccc1)C(F)(F)F. The van der Waals surface area contributed by atoms with Crippen LogP contribution in [0.1, 0.15) is 20.8 Å². The Hall–Kier alpha value is -1.16. The van der Waals surface area contributed by atoms with Crippen LogP contribution >= 0.6 is 11.8 Å². The number of hydrogen-bond donors (Lipinski definition) is 0. The molecule has 0 N–H and O–H groups in total. The molecule has 0 nitrogen and oxygen atoms in total. The van der Waals surface area contributed by atoms with Crippen molar-refractivity contribution < 1.29 is 13.2 Å². The molecule has 104 valence electrons. The van der Waals surface area contributed by atoms with Crippen molar-refractivity contribution in [3.63, 3.8) is 0 Å². The molecule has 0 atom stereocenters. The van der Waals surface area contributed by atoms with Crippen LogP contribution in [0.5, 0.6) is 0 Å². The van der Waals surface area contributed by atoms with Gasteiger partial charge in [0.25, 0.3) is 0 Å². The second-order valence-corrected chi connectivity index (χ2v) is 6.38. The molecule has 0 fully saturated rings. The lowest BCUT2D eigenvalue weighted by molar-refractivity contribution is -0.0882. The standard InChI is InChI=1S/C15H17F3S/c1-11(15(16,17)18)13(10-14(2,3)4)19-12-8-6-5-7-9-12/h5-10H,1H2,2-4H3/b13-10-. The van der Waals surface area contributed by atoms with E-state index < -0.39 is 11.7 Å². The van der Waals surface area contributed by atoms with Crippen LogP contribution in [0, 0.1) is 5.41 Å². The molecule has 0 aliphatic carbocycles. The summed E-state index contributed by atoms with van der Waals surface area (Å²) < 4.78 is 38.5. The first kappa shape index (κ1) is 15.9. The lowest BCUT2D eigenvalue weighted by Crippen LogP contribution is -2.13. The van der Waals surface area contributed by atoms with E-state index in [0.717, 1.165) is 16.7 Å². The molecule has 1 aromatic carbocycles. The van der Waals surface area contributed by atoms with Gasteiger partial charge >= 0.3 is 6.18 Å². The molecule has 0 radical (unpaired) electrons. The van der Waals surface area contributed by atoms with Gasteiger partial charge in [-0.1, -0.05) is 63.4 Å². The summed E-state index contributed by atoms with van der Waals surface area (Å²) in [6, 6.07) is 8.99. The monoisotopic (exact) mass is 286 g/mol. The maximum absolute atomic E-state index is 12.8. The highest BCUT2D eigenvalue weighted by molar-refractivity contribution is 8.03. The molecule has 0 unspecified atom stereocenters. The van der Waals surface area contributed by atoms with Crippen molar-refractivity contribution in [1.82, 2.24) is 0 Å². The van der Waals surface area contributed by atoms with E-state index in [-0.39, 0.29) is 10.3 Å². The summed E-state index contributed by atoms with van der Waals surface area (Å²) in [4.78, 5) is 0.926. The van der Waals surface area contributed by atoms with Crippen molar-refractivity contribution in [2.24, 2.45) is 5.41 Å². The number of benzene rings is 1. The number of rotatable bonds is 3. The van der Waals surface area contributed by atoms with Crippen molar-refractivity contribution in [3.8, 4) is 0 Å². The fourth-order valence-electron chi connectivity index (χ4n) is 1.33. The maximum Gasteiger partial charge on any atom is 0.416 e. The van der Waals surface area contributed by atoms with Crippen molar-refractivity contribution >= 4 is 11.8 Å². The summed E-state index contributed by atoms with van der Waals surface area (Å²) in [5, 5.41) is 0. The summed E-state index contributed by atoms with van der Waals surface area (Å²) in [5.41, 5.74) is -1.14. The van der Waals surface area contributed by atoms with Gasteiger partial charge in [-0.15, -0.1) is 0 Å². The van der Waals surface area contributed by atoms with Gasteiger partial charge in [0.15, 0.2) is 0 Å². The van der Waals surface area contributed by atoms with Crippen molar-refractivity contribution in [1.29, 1.82) is 0 Å². The Labute approximate surface area is 116 Å². The normalized spacial score (nSPS) is 13.5. The molecule has 1 rings (SSSR count). The van der Waals surface area contributed by atoms with E-state index in [4.69, 9.17) is 0 Å². The van der Waals surface area contributed by atoms with Gasteiger partial charge in [0.2, 0.25) is 0 Å². The fraction of sp³-hybridized carbons (Fsp3) is 0.333. The van der Waals surface area contributed by atoms with Crippen LogP contribution in [0.25, 0.3) is 0 Å². The third-order valence-electron chi connectivity index (χ3n) is 2.17. The van der Waals surface area contributed by atoms with Gasteiger partial charge in [-0.25, -0.2) is 0 Å². The molecule has 0 aromatic heterocycles. The van der Waals surface area contributed by atoms with Crippen LogP contribution in [-0.4, -0.2) is 6.18 Å². The van der Waals surface area contributed by atoms with Crippen LogP contribution in [0.3, 0.4) is 0 Å². The fourth-order valence-corrected chi connectivity index (χ4v) is 2.53. The molecule has 0 aliphatic heterocycles. The molecule has 19 heavy (non-hydrogen) atoms. The van der Waals surface area contributed by atoms with Gasteiger partial charge in [0, 0.05) is 9.80 Å². The van der Waals surface area contributed by atoms with E-state index in [1.807, 2.05) is 26.8 Å². The Kier molecular flexibility index (Phi) is 4.91. The minimum atomic E-state index is -4.40. The summed E-state index contributed by atoms with van der Waals surface area (Å²) in [5.74, 6) is 0. The van der Waals surface area contributed by atoms with Crippen LogP contribution in [0.15, 0.2) is 58.4 Å². The van der Waals surface area contributed by atoms with Gasteiger partial charge < -0.3 is 0 Å². The lowest BCUT2D eigenvalue weighted by Gasteiger charge is -2.19. The molecular formula is C15H17F3S. The third kappa shape index (κ3) is 5.55. The molecular weight excluding hydrogens is 269 g/mol. The zero-order valence-corrected chi connectivity index (χ0v) is 12.0. The van der Waals surface area contributed by atoms with Crippen LogP contribution < -0.4 is 0 Å². The average Bonchev–Trinajstić information content (AvgIpc) is 2.25. The van der Waals surface area contributed by atoms with E-state index in [9.17, 15) is 13.2 Å². The van der Waals surface area contributed by atoms with Crippen molar-refractivity contribution in [2.75, 3.05) is 0 Å². The Balaban J connectivity index is 3.08. The molecule has 0 amide bonds. The second-order valence-electron chi connectivity index (χ2n) is 5.27. The zero-order valence-electron chi connectivity index (χ0n) is 11.2. The Morgan fingerprint density at radius 2 is 1.63 bits per heavy atom. The summed E-state index contributed by atoms with van der Waals surface area (Å²) in [7, 11) is 0. The predicted molar refractivity (Wildman–Crippen MR) is 75.0 cm³/mol. The molecule has 0 spiro atoms. The minimum Gasteiger partial charge on any atom is -0.166 e. The largest absolute Gasteiger partial charge is 0.416 e. The molecule has 4 heteroatoms. The van der Waals surface area contributed by atoms with Crippen molar-refractivity contribution in [2.45, 2.75) is 31.8 Å². The number of halogens is 3. The van der Waals surface area contributed by atoms with E-state index in [1.54, 1.807) is 30.3 Å². The number of thioether (sulfide) groups is 1. The molecule has 0 aliphatic rings. The molecule has 1 aromatic rings. The van der Waals surface area contributed by atoms with E-state index in [1.165, 1.54) is 0 Å². The highest BCUT2D eigenvalue weighted by atomic mass is 32.2. The summed E-state index contributed by atoms with van der Waals surface area (Å²) in [6.07, 6.45) is -2.79. The van der Waals surface area contributed by atoms with Gasteiger partial charge in [0.05, 0.1) is 5.57 Å². The highest BCUT2D eigenvalue weighted by Gasteiger charge is 2.35. The second kappa shape index (κ2) is 5.87. The summed E-state index contributed by atoms with van der Waals surface area (Å²) in [6.45, 7) is 8.78. The lowest BCUT2D eigenvalue weighted by atomic mass is 9.95. The first-order chi connectivity index (χ1) is 8.59. The van der Waals surface area contributed by atoms with E-state index in [0.29, 0.717) is 0 Å². The van der Waals surface area contributed by atoms with Crippen LogP contribution in [0.2, 0.25) is 0 Å². The Bertz CT molecular complexity index is 464. The van der Waals surface area contributed by atoms with E-state index in [2.05, 4.69) is 6.58 Å².